The topological polar surface area (TPSA) is 84.0 Å². The van der Waals surface area contributed by atoms with E-state index in [1.54, 1.807) is 42.5 Å². The number of aromatic nitrogens is 2. The standard InChI is InChI=1S/C19H16FN3O3/c20-16-7-2-1-5-14(16)11-18(25)21-15-6-3-4-13(10-15)12-23-19(26)9-8-17(24)22-23/h1-10H,11-12H2,(H,21,25)(H,22,24). The number of carbonyl (C=O) groups excluding carboxylic acids is 1. The second-order valence-corrected chi connectivity index (χ2v) is 5.75. The normalized spacial score (nSPS) is 10.5. The molecule has 3 aromatic rings. The number of nitrogens with one attached hydrogen (secondary N) is 2. The Morgan fingerprint density at radius 3 is 2.65 bits per heavy atom. The van der Waals surface area contributed by atoms with Crippen molar-refractivity contribution in [1.82, 2.24) is 9.78 Å². The number of carbonyl (C=O) groups is 1. The maximum atomic E-state index is 13.6. The van der Waals surface area contributed by atoms with Crippen LogP contribution in [0.1, 0.15) is 11.1 Å². The molecular weight excluding hydrogens is 337 g/mol. The van der Waals surface area contributed by atoms with E-state index < -0.39 is 5.82 Å². The van der Waals surface area contributed by atoms with Gasteiger partial charge in [-0.05, 0) is 29.3 Å². The van der Waals surface area contributed by atoms with Crippen LogP contribution in [0.2, 0.25) is 0 Å². The minimum absolute atomic E-state index is 0.0810. The van der Waals surface area contributed by atoms with Gasteiger partial charge in [0.25, 0.3) is 11.1 Å². The molecule has 26 heavy (non-hydrogen) atoms. The molecule has 0 unspecified atom stereocenters. The number of hydrogen-bond donors (Lipinski definition) is 2. The smallest absolute Gasteiger partial charge is 0.265 e. The summed E-state index contributed by atoms with van der Waals surface area (Å²) < 4.78 is 14.8. The van der Waals surface area contributed by atoms with Gasteiger partial charge < -0.3 is 5.32 Å². The molecule has 6 nitrogen and oxygen atoms in total. The molecule has 7 heteroatoms. The number of aromatic amines is 1. The molecular formula is C19H16FN3O3. The highest BCUT2D eigenvalue weighted by Gasteiger charge is 2.08. The van der Waals surface area contributed by atoms with Crippen molar-refractivity contribution in [3.8, 4) is 0 Å². The van der Waals surface area contributed by atoms with Crippen LogP contribution >= 0.6 is 0 Å². The first-order valence-corrected chi connectivity index (χ1v) is 7.93. The Morgan fingerprint density at radius 1 is 1.04 bits per heavy atom. The van der Waals surface area contributed by atoms with Gasteiger partial charge in [-0.2, -0.15) is 0 Å². The molecule has 0 fully saturated rings. The first-order chi connectivity index (χ1) is 12.5. The van der Waals surface area contributed by atoms with E-state index in [1.165, 1.54) is 16.8 Å². The SMILES string of the molecule is O=C(Cc1ccccc1F)Nc1cccc(Cn2[nH]c(=O)ccc2=O)c1. The quantitative estimate of drug-likeness (QED) is 0.735. The lowest BCUT2D eigenvalue weighted by atomic mass is 10.1. The van der Waals surface area contributed by atoms with Crippen molar-refractivity contribution >= 4 is 11.6 Å². The number of halogens is 1. The van der Waals surface area contributed by atoms with Gasteiger partial charge in [0, 0.05) is 17.8 Å². The van der Waals surface area contributed by atoms with Crippen LogP contribution in [0.15, 0.2) is 70.3 Å². The highest BCUT2D eigenvalue weighted by atomic mass is 19.1. The molecule has 1 aromatic heterocycles. The molecule has 0 saturated carbocycles. The van der Waals surface area contributed by atoms with Gasteiger partial charge in [-0.3, -0.25) is 19.5 Å². The number of rotatable bonds is 5. The lowest BCUT2D eigenvalue weighted by Gasteiger charge is -2.09. The van der Waals surface area contributed by atoms with Crippen LogP contribution in [0.3, 0.4) is 0 Å². The van der Waals surface area contributed by atoms with Crippen LogP contribution in [0.5, 0.6) is 0 Å². The van der Waals surface area contributed by atoms with Gasteiger partial charge in [-0.15, -0.1) is 0 Å². The summed E-state index contributed by atoms with van der Waals surface area (Å²) >= 11 is 0. The number of amides is 1. The number of anilines is 1. The molecule has 0 saturated heterocycles. The maximum Gasteiger partial charge on any atom is 0.265 e. The average Bonchev–Trinajstić information content (AvgIpc) is 2.60. The van der Waals surface area contributed by atoms with E-state index in [9.17, 15) is 18.8 Å². The minimum atomic E-state index is -0.427. The van der Waals surface area contributed by atoms with E-state index >= 15 is 0 Å². The van der Waals surface area contributed by atoms with E-state index in [2.05, 4.69) is 10.4 Å². The summed E-state index contributed by atoms with van der Waals surface area (Å²) in [5, 5.41) is 5.15. The van der Waals surface area contributed by atoms with E-state index in [4.69, 9.17) is 0 Å². The van der Waals surface area contributed by atoms with Crippen molar-refractivity contribution in [1.29, 1.82) is 0 Å². The van der Waals surface area contributed by atoms with Crippen LogP contribution < -0.4 is 16.4 Å². The van der Waals surface area contributed by atoms with Crippen molar-refractivity contribution in [2.45, 2.75) is 13.0 Å². The Kier molecular flexibility index (Phi) is 5.07. The Hall–Kier alpha value is -3.48. The minimum Gasteiger partial charge on any atom is -0.326 e. The third-order valence-corrected chi connectivity index (χ3v) is 3.75. The summed E-state index contributed by atoms with van der Waals surface area (Å²) in [5.74, 6) is -0.777. The molecule has 1 amide bonds. The van der Waals surface area contributed by atoms with Gasteiger partial charge in [0.2, 0.25) is 5.91 Å². The summed E-state index contributed by atoms with van der Waals surface area (Å²) in [6.07, 6.45) is -0.0810. The molecule has 1 heterocycles. The van der Waals surface area contributed by atoms with Crippen LogP contribution in [0.25, 0.3) is 0 Å². The Labute approximate surface area is 147 Å². The first kappa shape index (κ1) is 17.3. The summed E-state index contributed by atoms with van der Waals surface area (Å²) in [5.41, 5.74) is 0.847. The Bertz CT molecular complexity index is 1060. The molecule has 0 radical (unpaired) electrons. The third kappa shape index (κ3) is 4.32. The van der Waals surface area contributed by atoms with E-state index in [0.717, 1.165) is 11.6 Å². The number of hydrogen-bond acceptors (Lipinski definition) is 3. The van der Waals surface area contributed by atoms with Crippen LogP contribution in [-0.2, 0) is 17.8 Å². The zero-order valence-corrected chi connectivity index (χ0v) is 13.7. The fourth-order valence-corrected chi connectivity index (χ4v) is 2.53. The zero-order valence-electron chi connectivity index (χ0n) is 13.7. The fourth-order valence-electron chi connectivity index (χ4n) is 2.53. The summed E-state index contributed by atoms with van der Waals surface area (Å²) in [6.45, 7) is 0.159. The Morgan fingerprint density at radius 2 is 1.85 bits per heavy atom. The molecule has 132 valence electrons. The van der Waals surface area contributed by atoms with Crippen molar-refractivity contribution in [2.24, 2.45) is 0 Å². The second kappa shape index (κ2) is 7.60. The highest BCUT2D eigenvalue weighted by Crippen LogP contribution is 2.13. The van der Waals surface area contributed by atoms with E-state index in [0.29, 0.717) is 11.3 Å². The molecule has 0 aliphatic rings. The summed E-state index contributed by atoms with van der Waals surface area (Å²) in [7, 11) is 0. The molecule has 2 aromatic carbocycles. The predicted molar refractivity (Wildman–Crippen MR) is 95.6 cm³/mol. The number of benzene rings is 2. The largest absolute Gasteiger partial charge is 0.326 e. The average molecular weight is 353 g/mol. The van der Waals surface area contributed by atoms with E-state index in [-0.39, 0.29) is 30.0 Å². The van der Waals surface area contributed by atoms with Gasteiger partial charge >= 0.3 is 0 Å². The lowest BCUT2D eigenvalue weighted by Crippen LogP contribution is -2.28. The third-order valence-electron chi connectivity index (χ3n) is 3.75. The van der Waals surface area contributed by atoms with Gasteiger partial charge in [0.15, 0.2) is 0 Å². The molecule has 0 spiro atoms. The molecule has 3 rings (SSSR count). The number of nitrogens with zero attached hydrogens (tertiary/aromatic N) is 1. The molecule has 0 aliphatic carbocycles. The van der Waals surface area contributed by atoms with E-state index in [1.807, 2.05) is 0 Å². The van der Waals surface area contributed by atoms with Gasteiger partial charge in [0.1, 0.15) is 5.82 Å². The monoisotopic (exact) mass is 353 g/mol. The van der Waals surface area contributed by atoms with Crippen molar-refractivity contribution in [3.05, 3.63) is 98.3 Å². The second-order valence-electron chi connectivity index (χ2n) is 5.75. The van der Waals surface area contributed by atoms with Gasteiger partial charge in [-0.25, -0.2) is 9.07 Å². The highest BCUT2D eigenvalue weighted by molar-refractivity contribution is 5.92. The molecule has 0 aliphatic heterocycles. The summed E-state index contributed by atoms with van der Waals surface area (Å²) in [6, 6.07) is 15.3. The maximum absolute atomic E-state index is 13.6. The van der Waals surface area contributed by atoms with Crippen LogP contribution in [0.4, 0.5) is 10.1 Å². The lowest BCUT2D eigenvalue weighted by molar-refractivity contribution is -0.115. The first-order valence-electron chi connectivity index (χ1n) is 7.93. The van der Waals surface area contributed by atoms with Gasteiger partial charge in [-0.1, -0.05) is 30.3 Å². The van der Waals surface area contributed by atoms with Crippen molar-refractivity contribution in [3.63, 3.8) is 0 Å². The van der Waals surface area contributed by atoms with Crippen LogP contribution in [0, 0.1) is 5.82 Å². The van der Waals surface area contributed by atoms with Gasteiger partial charge in [0.05, 0.1) is 13.0 Å². The van der Waals surface area contributed by atoms with Crippen molar-refractivity contribution < 1.29 is 9.18 Å². The molecule has 2 N–H and O–H groups in total. The van der Waals surface area contributed by atoms with Crippen LogP contribution in [-0.4, -0.2) is 15.7 Å². The Balaban J connectivity index is 1.72. The molecule has 0 bridgehead atoms. The zero-order chi connectivity index (χ0) is 18.5. The summed E-state index contributed by atoms with van der Waals surface area (Å²) in [4.78, 5) is 35.2. The fraction of sp³-hybridized carbons (Fsp3) is 0.105. The van der Waals surface area contributed by atoms with Crippen molar-refractivity contribution in [2.75, 3.05) is 5.32 Å². The number of H-pyrrole nitrogens is 1. The predicted octanol–water partition coefficient (Wildman–Crippen LogP) is 1.91. The molecule has 0 atom stereocenters.